The third-order valence-electron chi connectivity index (χ3n) is 5.64. The van der Waals surface area contributed by atoms with Crippen molar-refractivity contribution in [3.05, 3.63) is 51.9 Å². The molecule has 142 valence electrons. The van der Waals surface area contributed by atoms with Crippen molar-refractivity contribution >= 4 is 11.6 Å². The number of nitrogens with zero attached hydrogens (tertiary/aromatic N) is 2. The average molecular weight is 366 g/mol. The van der Waals surface area contributed by atoms with Crippen molar-refractivity contribution in [2.24, 2.45) is 7.05 Å². The molecule has 0 N–H and O–H groups in total. The Kier molecular flexibility index (Phi) is 4.87. The van der Waals surface area contributed by atoms with Crippen LogP contribution in [0, 0.1) is 6.92 Å². The first-order valence-electron chi connectivity index (χ1n) is 9.83. The number of hydroxylamine groups is 1. The molecule has 1 aliphatic heterocycles. The summed E-state index contributed by atoms with van der Waals surface area (Å²) >= 11 is 0. The zero-order chi connectivity index (χ0) is 19.0. The average Bonchev–Trinajstić information content (AvgIpc) is 2.68. The van der Waals surface area contributed by atoms with E-state index in [1.54, 1.807) is 11.6 Å². The lowest BCUT2D eigenvalue weighted by atomic mass is 9.96. The van der Waals surface area contributed by atoms with Crippen molar-refractivity contribution in [2.75, 3.05) is 5.06 Å². The van der Waals surface area contributed by atoms with Gasteiger partial charge in [0.2, 0.25) is 0 Å². The van der Waals surface area contributed by atoms with Gasteiger partial charge >= 0.3 is 0 Å². The van der Waals surface area contributed by atoms with E-state index in [9.17, 15) is 9.59 Å². The molecule has 0 unspecified atom stereocenters. The number of hydrogen-bond acceptors (Lipinski definition) is 3. The van der Waals surface area contributed by atoms with Crippen LogP contribution in [0.3, 0.4) is 0 Å². The summed E-state index contributed by atoms with van der Waals surface area (Å²) in [6.07, 6.45) is 8.83. The molecule has 0 atom stereocenters. The summed E-state index contributed by atoms with van der Waals surface area (Å²) in [5.41, 5.74) is 4.80. The van der Waals surface area contributed by atoms with Crippen LogP contribution in [0.15, 0.2) is 35.3 Å². The number of anilines is 1. The van der Waals surface area contributed by atoms with Gasteiger partial charge in [-0.1, -0.05) is 25.3 Å². The second-order valence-electron chi connectivity index (χ2n) is 7.72. The standard InChI is InChI=1S/C22H26N2O3/c1-15-12-18(14-23(2)22(15)26)16-8-10-20-17(13-16)9-11-21(25)24(20)27-19-6-4-3-5-7-19/h8,10,12-14,19H,3-7,9,11H2,1-2H3. The van der Waals surface area contributed by atoms with Crippen LogP contribution < -0.4 is 10.6 Å². The quantitative estimate of drug-likeness (QED) is 0.828. The van der Waals surface area contributed by atoms with E-state index < -0.39 is 0 Å². The summed E-state index contributed by atoms with van der Waals surface area (Å²) in [5, 5.41) is 1.53. The molecular formula is C22H26N2O3. The molecule has 1 aromatic carbocycles. The molecule has 5 nitrogen and oxygen atoms in total. The molecular weight excluding hydrogens is 340 g/mol. The van der Waals surface area contributed by atoms with Gasteiger partial charge < -0.3 is 4.57 Å². The lowest BCUT2D eigenvalue weighted by Gasteiger charge is -2.33. The van der Waals surface area contributed by atoms with Gasteiger partial charge in [0.05, 0.1) is 11.8 Å². The van der Waals surface area contributed by atoms with E-state index in [0.29, 0.717) is 6.42 Å². The van der Waals surface area contributed by atoms with E-state index in [1.807, 2.05) is 31.3 Å². The van der Waals surface area contributed by atoms with Crippen molar-refractivity contribution in [1.29, 1.82) is 0 Å². The number of fused-ring (bicyclic) bond motifs is 1. The van der Waals surface area contributed by atoms with E-state index in [0.717, 1.165) is 47.2 Å². The van der Waals surface area contributed by atoms with Gasteiger partial charge in [0.15, 0.2) is 0 Å². The minimum Gasteiger partial charge on any atom is -0.318 e. The monoisotopic (exact) mass is 366 g/mol. The molecule has 2 aromatic rings. The highest BCUT2D eigenvalue weighted by atomic mass is 16.7. The summed E-state index contributed by atoms with van der Waals surface area (Å²) in [6.45, 7) is 1.84. The van der Waals surface area contributed by atoms with Crippen molar-refractivity contribution in [2.45, 2.75) is 58.0 Å². The molecule has 0 spiro atoms. The number of hydrogen-bond donors (Lipinski definition) is 0. The molecule has 1 fully saturated rings. The van der Waals surface area contributed by atoms with Crippen LogP contribution in [0.1, 0.15) is 49.7 Å². The lowest BCUT2D eigenvalue weighted by Crippen LogP contribution is -2.39. The van der Waals surface area contributed by atoms with Gasteiger partial charge in [0.25, 0.3) is 11.5 Å². The Morgan fingerprint density at radius 1 is 1.00 bits per heavy atom. The van der Waals surface area contributed by atoms with Crippen molar-refractivity contribution < 1.29 is 9.63 Å². The van der Waals surface area contributed by atoms with Crippen LogP contribution in [-0.4, -0.2) is 16.6 Å². The smallest absolute Gasteiger partial charge is 0.253 e. The van der Waals surface area contributed by atoms with Crippen LogP contribution in [0.2, 0.25) is 0 Å². The minimum atomic E-state index is 0.0226. The zero-order valence-corrected chi connectivity index (χ0v) is 16.0. The second-order valence-corrected chi connectivity index (χ2v) is 7.72. The highest BCUT2D eigenvalue weighted by Gasteiger charge is 2.28. The predicted octanol–water partition coefficient (Wildman–Crippen LogP) is 3.90. The Morgan fingerprint density at radius 2 is 1.78 bits per heavy atom. The maximum atomic E-state index is 12.5. The number of aromatic nitrogens is 1. The maximum absolute atomic E-state index is 12.5. The van der Waals surface area contributed by atoms with Crippen LogP contribution in [0.25, 0.3) is 11.1 Å². The predicted molar refractivity (Wildman–Crippen MR) is 106 cm³/mol. The molecule has 1 aromatic heterocycles. The second kappa shape index (κ2) is 7.31. The molecule has 5 heteroatoms. The first-order chi connectivity index (χ1) is 13.0. The van der Waals surface area contributed by atoms with E-state index in [2.05, 4.69) is 6.07 Å². The summed E-state index contributed by atoms with van der Waals surface area (Å²) in [5.74, 6) is 0.0405. The number of carbonyl (C=O) groups excluding carboxylic acids is 1. The summed E-state index contributed by atoms with van der Waals surface area (Å²) in [7, 11) is 1.77. The van der Waals surface area contributed by atoms with Crippen molar-refractivity contribution in [1.82, 2.24) is 4.57 Å². The molecule has 0 radical (unpaired) electrons. The Labute approximate surface area is 159 Å². The molecule has 1 saturated carbocycles. The van der Waals surface area contributed by atoms with Crippen LogP contribution in [-0.2, 0) is 23.1 Å². The number of benzene rings is 1. The number of carbonyl (C=O) groups is 1. The van der Waals surface area contributed by atoms with E-state index in [-0.39, 0.29) is 17.6 Å². The van der Waals surface area contributed by atoms with Crippen LogP contribution in [0.4, 0.5) is 5.69 Å². The highest BCUT2D eigenvalue weighted by molar-refractivity contribution is 5.95. The Balaban J connectivity index is 1.65. The maximum Gasteiger partial charge on any atom is 0.253 e. The van der Waals surface area contributed by atoms with Gasteiger partial charge in [-0.15, -0.1) is 0 Å². The lowest BCUT2D eigenvalue weighted by molar-refractivity contribution is -0.130. The molecule has 0 bridgehead atoms. The Hall–Kier alpha value is -2.40. The number of rotatable bonds is 3. The molecule has 1 amide bonds. The number of pyridine rings is 1. The molecule has 27 heavy (non-hydrogen) atoms. The number of amides is 1. The van der Waals surface area contributed by atoms with Crippen molar-refractivity contribution in [3.8, 4) is 11.1 Å². The molecule has 4 rings (SSSR count). The largest absolute Gasteiger partial charge is 0.318 e. The Morgan fingerprint density at radius 3 is 2.52 bits per heavy atom. The summed E-state index contributed by atoms with van der Waals surface area (Å²) < 4.78 is 1.62. The fraction of sp³-hybridized carbons (Fsp3) is 0.455. The van der Waals surface area contributed by atoms with E-state index in [1.165, 1.54) is 24.3 Å². The molecule has 0 saturated heterocycles. The first kappa shape index (κ1) is 18.0. The van der Waals surface area contributed by atoms with Gasteiger partial charge in [0, 0.05) is 25.2 Å². The first-order valence-corrected chi connectivity index (χ1v) is 9.83. The summed E-state index contributed by atoms with van der Waals surface area (Å²) in [6, 6.07) is 8.03. The topological polar surface area (TPSA) is 51.5 Å². The van der Waals surface area contributed by atoms with Gasteiger partial charge in [-0.2, -0.15) is 5.06 Å². The number of aryl methyl sites for hydroxylation is 3. The van der Waals surface area contributed by atoms with Gasteiger partial charge in [-0.25, -0.2) is 0 Å². The van der Waals surface area contributed by atoms with Crippen molar-refractivity contribution in [3.63, 3.8) is 0 Å². The molecule has 2 aliphatic rings. The SMILES string of the molecule is Cc1cc(-c2ccc3c(c2)CCC(=O)N3OC2CCCCC2)cn(C)c1=O. The normalized spacial score (nSPS) is 17.9. The summed E-state index contributed by atoms with van der Waals surface area (Å²) in [4.78, 5) is 30.5. The minimum absolute atomic E-state index is 0.0226. The third-order valence-corrected chi connectivity index (χ3v) is 5.64. The van der Waals surface area contributed by atoms with Crippen LogP contribution in [0.5, 0.6) is 0 Å². The fourth-order valence-corrected chi connectivity index (χ4v) is 4.11. The van der Waals surface area contributed by atoms with Gasteiger partial charge in [-0.05, 0) is 61.1 Å². The highest BCUT2D eigenvalue weighted by Crippen LogP contribution is 2.34. The third kappa shape index (κ3) is 3.56. The van der Waals surface area contributed by atoms with Crippen LogP contribution >= 0.6 is 0 Å². The Bertz CT molecular complexity index is 899. The van der Waals surface area contributed by atoms with E-state index >= 15 is 0 Å². The fourth-order valence-electron chi connectivity index (χ4n) is 4.11. The van der Waals surface area contributed by atoms with Gasteiger partial charge in [-0.3, -0.25) is 14.4 Å². The van der Waals surface area contributed by atoms with E-state index in [4.69, 9.17) is 4.84 Å². The molecule has 2 heterocycles. The molecule has 1 aliphatic carbocycles. The zero-order valence-electron chi connectivity index (χ0n) is 16.0. The van der Waals surface area contributed by atoms with Gasteiger partial charge in [0.1, 0.15) is 0 Å².